The number of hydrogen-bond acceptors (Lipinski definition) is 5. The number of ether oxygens (including phenoxy) is 2. The van der Waals surface area contributed by atoms with Gasteiger partial charge in [0.05, 0.1) is 22.9 Å². The minimum atomic E-state index is -0.527. The van der Waals surface area contributed by atoms with Crippen LogP contribution in [0.3, 0.4) is 0 Å². The van der Waals surface area contributed by atoms with Gasteiger partial charge in [-0.15, -0.1) is 0 Å². The van der Waals surface area contributed by atoms with E-state index < -0.39 is 5.97 Å². The summed E-state index contributed by atoms with van der Waals surface area (Å²) < 4.78 is 10.6. The summed E-state index contributed by atoms with van der Waals surface area (Å²) in [6, 6.07) is 7.63. The SMILES string of the molecule is Cc1nc2ccccc2c(C)c1C(=O)OCC(=O)NC[C@H]1CCCO1. The average molecular weight is 342 g/mol. The first-order valence-corrected chi connectivity index (χ1v) is 8.47. The zero-order valence-electron chi connectivity index (χ0n) is 14.5. The molecule has 1 aliphatic rings. The van der Waals surface area contributed by atoms with Crippen molar-refractivity contribution < 1.29 is 19.1 Å². The van der Waals surface area contributed by atoms with Gasteiger partial charge >= 0.3 is 5.97 Å². The van der Waals surface area contributed by atoms with Gasteiger partial charge in [-0.2, -0.15) is 0 Å². The number of pyridine rings is 1. The number of hydrogen-bond donors (Lipinski definition) is 1. The van der Waals surface area contributed by atoms with Crippen LogP contribution >= 0.6 is 0 Å². The maximum atomic E-state index is 12.4. The molecule has 132 valence electrons. The number of benzene rings is 1. The Morgan fingerprint density at radius 3 is 2.88 bits per heavy atom. The molecule has 1 aliphatic heterocycles. The number of nitrogens with one attached hydrogen (secondary N) is 1. The molecule has 0 aliphatic carbocycles. The molecule has 1 aromatic carbocycles. The summed E-state index contributed by atoms with van der Waals surface area (Å²) in [7, 11) is 0. The van der Waals surface area contributed by atoms with Crippen molar-refractivity contribution in [3.63, 3.8) is 0 Å². The van der Waals surface area contributed by atoms with E-state index in [2.05, 4.69) is 10.3 Å². The number of carbonyl (C=O) groups is 2. The first kappa shape index (κ1) is 17.4. The van der Waals surface area contributed by atoms with Crippen LogP contribution in [-0.2, 0) is 14.3 Å². The Kier molecular flexibility index (Phi) is 5.28. The fraction of sp³-hybridized carbons (Fsp3) is 0.421. The molecule has 0 bridgehead atoms. The van der Waals surface area contributed by atoms with Crippen LogP contribution in [0.1, 0.15) is 34.5 Å². The molecule has 1 atom stereocenters. The summed E-state index contributed by atoms with van der Waals surface area (Å²) in [6.07, 6.45) is 2.03. The fourth-order valence-corrected chi connectivity index (χ4v) is 3.12. The van der Waals surface area contributed by atoms with Gasteiger partial charge in [-0.05, 0) is 38.3 Å². The maximum Gasteiger partial charge on any atom is 0.340 e. The van der Waals surface area contributed by atoms with E-state index in [4.69, 9.17) is 9.47 Å². The van der Waals surface area contributed by atoms with E-state index in [9.17, 15) is 9.59 Å². The van der Waals surface area contributed by atoms with Crippen molar-refractivity contribution >= 4 is 22.8 Å². The molecule has 0 saturated carbocycles. The molecule has 3 rings (SSSR count). The van der Waals surface area contributed by atoms with Gasteiger partial charge in [-0.1, -0.05) is 18.2 Å². The maximum absolute atomic E-state index is 12.4. The number of fused-ring (bicyclic) bond motifs is 1. The minimum Gasteiger partial charge on any atom is -0.452 e. The monoisotopic (exact) mass is 342 g/mol. The number of esters is 1. The molecular weight excluding hydrogens is 320 g/mol. The van der Waals surface area contributed by atoms with Crippen molar-refractivity contribution in [1.82, 2.24) is 10.3 Å². The van der Waals surface area contributed by atoms with Crippen LogP contribution in [0.5, 0.6) is 0 Å². The zero-order chi connectivity index (χ0) is 17.8. The lowest BCUT2D eigenvalue weighted by Crippen LogP contribution is -2.35. The van der Waals surface area contributed by atoms with Crippen LogP contribution in [0.15, 0.2) is 24.3 Å². The smallest absolute Gasteiger partial charge is 0.340 e. The Labute approximate surface area is 146 Å². The largest absolute Gasteiger partial charge is 0.452 e. The normalized spacial score (nSPS) is 16.8. The van der Waals surface area contributed by atoms with E-state index in [1.807, 2.05) is 31.2 Å². The second-order valence-corrected chi connectivity index (χ2v) is 6.23. The van der Waals surface area contributed by atoms with Gasteiger partial charge < -0.3 is 14.8 Å². The number of amides is 1. The highest BCUT2D eigenvalue weighted by atomic mass is 16.5. The van der Waals surface area contributed by atoms with Gasteiger partial charge in [-0.25, -0.2) is 4.79 Å². The Balaban J connectivity index is 1.63. The lowest BCUT2D eigenvalue weighted by molar-refractivity contribution is -0.124. The summed E-state index contributed by atoms with van der Waals surface area (Å²) in [5.41, 5.74) is 2.67. The van der Waals surface area contributed by atoms with Gasteiger partial charge in [0.15, 0.2) is 6.61 Å². The molecule has 1 N–H and O–H groups in total. The third-order valence-corrected chi connectivity index (χ3v) is 4.42. The van der Waals surface area contributed by atoms with E-state index in [1.165, 1.54) is 0 Å². The Hall–Kier alpha value is -2.47. The quantitative estimate of drug-likeness (QED) is 0.844. The van der Waals surface area contributed by atoms with Crippen LogP contribution < -0.4 is 5.32 Å². The molecule has 2 aromatic rings. The van der Waals surface area contributed by atoms with Gasteiger partial charge in [0.2, 0.25) is 0 Å². The first-order chi connectivity index (χ1) is 12.1. The topological polar surface area (TPSA) is 77.5 Å². The van der Waals surface area contributed by atoms with Crippen LogP contribution in [0, 0.1) is 13.8 Å². The van der Waals surface area contributed by atoms with E-state index in [0.29, 0.717) is 17.8 Å². The van der Waals surface area contributed by atoms with E-state index in [-0.39, 0.29) is 18.6 Å². The van der Waals surface area contributed by atoms with Crippen molar-refractivity contribution in [3.8, 4) is 0 Å². The molecule has 1 fully saturated rings. The molecule has 0 unspecified atom stereocenters. The second-order valence-electron chi connectivity index (χ2n) is 6.23. The summed E-state index contributed by atoms with van der Waals surface area (Å²) in [4.78, 5) is 28.7. The number of aromatic nitrogens is 1. The second kappa shape index (κ2) is 7.61. The van der Waals surface area contributed by atoms with Gasteiger partial charge in [0.25, 0.3) is 5.91 Å². The van der Waals surface area contributed by atoms with Crippen molar-refractivity contribution in [1.29, 1.82) is 0 Å². The van der Waals surface area contributed by atoms with Crippen molar-refractivity contribution in [2.45, 2.75) is 32.8 Å². The fourth-order valence-electron chi connectivity index (χ4n) is 3.12. The predicted octanol–water partition coefficient (Wildman–Crippen LogP) is 2.30. The molecular formula is C19H22N2O4. The molecule has 25 heavy (non-hydrogen) atoms. The number of aryl methyl sites for hydroxylation is 2. The highest BCUT2D eigenvalue weighted by Crippen LogP contribution is 2.23. The summed E-state index contributed by atoms with van der Waals surface area (Å²) in [6.45, 7) is 4.52. The molecule has 2 heterocycles. The van der Waals surface area contributed by atoms with Crippen molar-refractivity contribution in [3.05, 3.63) is 41.1 Å². The third-order valence-electron chi connectivity index (χ3n) is 4.42. The highest BCUT2D eigenvalue weighted by molar-refractivity contribution is 5.99. The molecule has 6 heteroatoms. The van der Waals surface area contributed by atoms with Crippen LogP contribution in [-0.4, -0.2) is 42.7 Å². The number of para-hydroxylation sites is 1. The molecule has 1 saturated heterocycles. The van der Waals surface area contributed by atoms with Crippen molar-refractivity contribution in [2.24, 2.45) is 0 Å². The van der Waals surface area contributed by atoms with Crippen molar-refractivity contribution in [2.75, 3.05) is 19.8 Å². The number of rotatable bonds is 5. The average Bonchev–Trinajstić information content (AvgIpc) is 3.11. The van der Waals surface area contributed by atoms with Crippen LogP contribution in [0.2, 0.25) is 0 Å². The number of nitrogens with zero attached hydrogens (tertiary/aromatic N) is 1. The van der Waals surface area contributed by atoms with E-state index in [1.54, 1.807) is 6.92 Å². The first-order valence-electron chi connectivity index (χ1n) is 8.47. The Morgan fingerprint density at radius 1 is 1.32 bits per heavy atom. The molecule has 0 radical (unpaired) electrons. The Bertz CT molecular complexity index is 797. The summed E-state index contributed by atoms with van der Waals surface area (Å²) in [5, 5.41) is 3.64. The van der Waals surface area contributed by atoms with Crippen LogP contribution in [0.25, 0.3) is 10.9 Å². The van der Waals surface area contributed by atoms with E-state index in [0.717, 1.165) is 35.9 Å². The Morgan fingerprint density at radius 2 is 2.12 bits per heavy atom. The molecule has 1 aromatic heterocycles. The zero-order valence-corrected chi connectivity index (χ0v) is 14.5. The minimum absolute atomic E-state index is 0.0637. The lowest BCUT2D eigenvalue weighted by atomic mass is 10.0. The predicted molar refractivity (Wildman–Crippen MR) is 93.5 cm³/mol. The number of carbonyl (C=O) groups excluding carboxylic acids is 2. The highest BCUT2D eigenvalue weighted by Gasteiger charge is 2.20. The standard InChI is InChI=1S/C19H22N2O4/c1-12-15-7-3-4-8-16(15)21-13(2)18(12)19(23)25-11-17(22)20-10-14-6-5-9-24-14/h3-4,7-8,14H,5-6,9-11H2,1-2H3,(H,20,22)/t14-/m1/s1. The molecule has 6 nitrogen and oxygen atoms in total. The van der Waals surface area contributed by atoms with Gasteiger partial charge in [0, 0.05) is 18.5 Å². The lowest BCUT2D eigenvalue weighted by Gasteiger charge is -2.13. The molecule has 0 spiro atoms. The van der Waals surface area contributed by atoms with Crippen LogP contribution in [0.4, 0.5) is 0 Å². The summed E-state index contributed by atoms with van der Waals surface area (Å²) in [5.74, 6) is -0.853. The third kappa shape index (κ3) is 3.96. The molecule has 1 amide bonds. The van der Waals surface area contributed by atoms with Gasteiger partial charge in [0.1, 0.15) is 0 Å². The van der Waals surface area contributed by atoms with Gasteiger partial charge in [-0.3, -0.25) is 9.78 Å². The summed E-state index contributed by atoms with van der Waals surface area (Å²) >= 11 is 0. The van der Waals surface area contributed by atoms with E-state index >= 15 is 0 Å².